The molecule has 6 heteroatoms. The van der Waals surface area contributed by atoms with Crippen LogP contribution in [0.25, 0.3) is 0 Å². The molecular formula is C65H120O6. The van der Waals surface area contributed by atoms with Gasteiger partial charge in [-0.1, -0.05) is 282 Å². The maximum Gasteiger partial charge on any atom is 0.306 e. The van der Waals surface area contributed by atoms with Crippen LogP contribution in [0.1, 0.15) is 342 Å². The summed E-state index contributed by atoms with van der Waals surface area (Å²) < 4.78 is 16.9. The summed E-state index contributed by atoms with van der Waals surface area (Å²) in [6.07, 6.45) is 72.8. The Kier molecular flexibility index (Phi) is 58.2. The van der Waals surface area contributed by atoms with E-state index in [0.29, 0.717) is 19.3 Å². The van der Waals surface area contributed by atoms with Crippen LogP contribution in [0.4, 0.5) is 0 Å². The Morgan fingerprint density at radius 2 is 0.507 bits per heavy atom. The Morgan fingerprint density at radius 3 is 0.817 bits per heavy atom. The molecule has 0 saturated heterocycles. The van der Waals surface area contributed by atoms with Gasteiger partial charge in [-0.15, -0.1) is 0 Å². The summed E-state index contributed by atoms with van der Waals surface area (Å²) in [6, 6.07) is 0. The molecule has 0 bridgehead atoms. The quantitative estimate of drug-likeness (QED) is 0.0261. The molecule has 0 aliphatic rings. The van der Waals surface area contributed by atoms with E-state index < -0.39 is 6.10 Å². The molecule has 0 aromatic rings. The lowest BCUT2D eigenvalue weighted by Gasteiger charge is -2.18. The maximum absolute atomic E-state index is 12.9. The summed E-state index contributed by atoms with van der Waals surface area (Å²) in [6.45, 7) is 6.66. The first-order chi connectivity index (χ1) is 35.0. The van der Waals surface area contributed by atoms with Gasteiger partial charge in [0.1, 0.15) is 13.2 Å². The molecule has 0 aliphatic carbocycles. The van der Waals surface area contributed by atoms with Crippen LogP contribution in [-0.4, -0.2) is 37.2 Å². The number of carbonyl (C=O) groups excluding carboxylic acids is 3. The van der Waals surface area contributed by atoms with Crippen LogP contribution in [-0.2, 0) is 28.6 Å². The van der Waals surface area contributed by atoms with Crippen LogP contribution in [0.5, 0.6) is 0 Å². The molecule has 0 heterocycles. The van der Waals surface area contributed by atoms with E-state index in [4.69, 9.17) is 14.2 Å². The first-order valence-electron chi connectivity index (χ1n) is 31.5. The van der Waals surface area contributed by atoms with Gasteiger partial charge >= 0.3 is 17.9 Å². The van der Waals surface area contributed by atoms with Crippen LogP contribution in [0, 0.1) is 0 Å². The van der Waals surface area contributed by atoms with E-state index in [2.05, 4.69) is 57.2 Å². The molecule has 0 N–H and O–H groups in total. The average molecular weight is 998 g/mol. The fourth-order valence-electron chi connectivity index (χ4n) is 9.35. The Hall–Kier alpha value is -2.37. The minimum atomic E-state index is -0.776. The smallest absolute Gasteiger partial charge is 0.306 e. The molecular weight excluding hydrogens is 877 g/mol. The monoisotopic (exact) mass is 997 g/mol. The molecule has 0 aliphatic heterocycles. The van der Waals surface area contributed by atoms with Gasteiger partial charge in [-0.3, -0.25) is 14.4 Å². The Balaban J connectivity index is 4.35. The number of carbonyl (C=O) groups is 3. The molecule has 0 spiro atoms. The number of ether oxygens (including phenoxy) is 3. The van der Waals surface area contributed by atoms with Gasteiger partial charge in [-0.05, 0) is 77.0 Å². The van der Waals surface area contributed by atoms with Crippen LogP contribution < -0.4 is 0 Å². The number of hydrogen-bond acceptors (Lipinski definition) is 6. The Morgan fingerprint density at radius 1 is 0.282 bits per heavy atom. The van der Waals surface area contributed by atoms with Gasteiger partial charge in [0.05, 0.1) is 0 Å². The van der Waals surface area contributed by atoms with E-state index in [1.165, 1.54) is 231 Å². The predicted molar refractivity (Wildman–Crippen MR) is 307 cm³/mol. The van der Waals surface area contributed by atoms with E-state index in [1.807, 2.05) is 0 Å². The summed E-state index contributed by atoms with van der Waals surface area (Å²) >= 11 is 0. The topological polar surface area (TPSA) is 78.9 Å². The maximum atomic E-state index is 12.9. The lowest BCUT2D eigenvalue weighted by molar-refractivity contribution is -0.167. The summed E-state index contributed by atoms with van der Waals surface area (Å²) in [5.41, 5.74) is 0. The summed E-state index contributed by atoms with van der Waals surface area (Å²) in [5, 5.41) is 0. The molecule has 1 atom stereocenters. The summed E-state index contributed by atoms with van der Waals surface area (Å²) in [5.74, 6) is -0.862. The van der Waals surface area contributed by atoms with Crippen molar-refractivity contribution in [2.45, 2.75) is 348 Å². The zero-order valence-corrected chi connectivity index (χ0v) is 47.8. The highest BCUT2D eigenvalue weighted by Gasteiger charge is 2.19. The summed E-state index contributed by atoms with van der Waals surface area (Å²) in [7, 11) is 0. The van der Waals surface area contributed by atoms with Gasteiger partial charge in [0, 0.05) is 19.3 Å². The van der Waals surface area contributed by atoms with Crippen molar-refractivity contribution in [3.05, 3.63) is 36.5 Å². The van der Waals surface area contributed by atoms with Gasteiger partial charge in [0.2, 0.25) is 0 Å². The molecule has 6 nitrogen and oxygen atoms in total. The van der Waals surface area contributed by atoms with Crippen molar-refractivity contribution in [1.82, 2.24) is 0 Å². The normalized spacial score (nSPS) is 12.2. The van der Waals surface area contributed by atoms with Crippen LogP contribution in [0.3, 0.4) is 0 Å². The van der Waals surface area contributed by atoms with E-state index in [1.54, 1.807) is 0 Å². The highest BCUT2D eigenvalue weighted by atomic mass is 16.6. The van der Waals surface area contributed by atoms with Crippen LogP contribution in [0.2, 0.25) is 0 Å². The van der Waals surface area contributed by atoms with Gasteiger partial charge in [0.15, 0.2) is 6.10 Å². The highest BCUT2D eigenvalue weighted by molar-refractivity contribution is 5.71. The fraction of sp³-hybridized carbons (Fsp3) is 0.862. The number of esters is 3. The van der Waals surface area contributed by atoms with Crippen molar-refractivity contribution in [3.63, 3.8) is 0 Å². The highest BCUT2D eigenvalue weighted by Crippen LogP contribution is 2.17. The number of unbranched alkanes of at least 4 members (excludes halogenated alkanes) is 41. The standard InChI is InChI=1S/C65H120O6/c1-4-7-10-13-16-19-22-25-28-31-32-35-37-40-43-46-49-52-55-58-64(67)70-61-62(71-65(68)59-56-53-50-47-44-41-38-34-30-27-24-21-18-15-12-9-6-3)60-69-63(66)57-54-51-48-45-42-39-36-33-29-26-23-20-17-14-11-8-5-2/h18,21,27,30-32,62H,4-17,19-20,22-26,28-29,33-61H2,1-3H3/b21-18-,30-27-,32-31-/t62-/m1/s1. The third kappa shape index (κ3) is 58.4. The second-order valence-electron chi connectivity index (χ2n) is 21.3. The van der Waals surface area contributed by atoms with Crippen molar-refractivity contribution in [2.75, 3.05) is 13.2 Å². The zero-order valence-electron chi connectivity index (χ0n) is 47.8. The lowest BCUT2D eigenvalue weighted by atomic mass is 10.0. The second kappa shape index (κ2) is 60.2. The van der Waals surface area contributed by atoms with E-state index in [-0.39, 0.29) is 31.1 Å². The summed E-state index contributed by atoms with van der Waals surface area (Å²) in [4.78, 5) is 38.3. The molecule has 0 aromatic heterocycles. The van der Waals surface area contributed by atoms with Crippen molar-refractivity contribution in [1.29, 1.82) is 0 Å². The van der Waals surface area contributed by atoms with Crippen molar-refractivity contribution >= 4 is 17.9 Å². The minimum absolute atomic E-state index is 0.0726. The third-order valence-corrected chi connectivity index (χ3v) is 14.1. The molecule has 0 fully saturated rings. The predicted octanol–water partition coefficient (Wildman–Crippen LogP) is 21.2. The third-order valence-electron chi connectivity index (χ3n) is 14.1. The number of allylic oxidation sites excluding steroid dienone is 6. The number of rotatable bonds is 58. The molecule has 0 amide bonds. The fourth-order valence-corrected chi connectivity index (χ4v) is 9.35. The van der Waals surface area contributed by atoms with Gasteiger partial charge in [0.25, 0.3) is 0 Å². The Bertz CT molecular complexity index is 1190. The van der Waals surface area contributed by atoms with Crippen molar-refractivity contribution in [2.24, 2.45) is 0 Å². The molecule has 0 aromatic carbocycles. The van der Waals surface area contributed by atoms with E-state index >= 15 is 0 Å². The van der Waals surface area contributed by atoms with E-state index in [9.17, 15) is 14.4 Å². The van der Waals surface area contributed by atoms with Gasteiger partial charge in [-0.2, -0.15) is 0 Å². The Labute approximate surface area is 442 Å². The molecule has 0 radical (unpaired) electrons. The molecule has 71 heavy (non-hydrogen) atoms. The minimum Gasteiger partial charge on any atom is -0.462 e. The first kappa shape index (κ1) is 68.6. The van der Waals surface area contributed by atoms with Crippen LogP contribution >= 0.6 is 0 Å². The van der Waals surface area contributed by atoms with Crippen LogP contribution in [0.15, 0.2) is 36.5 Å². The second-order valence-corrected chi connectivity index (χ2v) is 21.3. The average Bonchev–Trinajstić information content (AvgIpc) is 3.37. The van der Waals surface area contributed by atoms with Gasteiger partial charge < -0.3 is 14.2 Å². The SMILES string of the molecule is CCCCC/C=C\C/C=C\CCCCCCCCCC(=O)O[C@@H](COC(=O)CCCCCCCCC/C=C\CCCCCCCCCC)COC(=O)CCCCCCCCCCCCCCCCCCC. The molecule has 0 saturated carbocycles. The largest absolute Gasteiger partial charge is 0.462 e. The van der Waals surface area contributed by atoms with Crippen molar-refractivity contribution in [3.8, 4) is 0 Å². The number of hydrogen-bond donors (Lipinski definition) is 0. The van der Waals surface area contributed by atoms with E-state index in [0.717, 1.165) is 70.6 Å². The first-order valence-corrected chi connectivity index (χ1v) is 31.5. The van der Waals surface area contributed by atoms with Gasteiger partial charge in [-0.25, -0.2) is 0 Å². The molecule has 0 rings (SSSR count). The lowest BCUT2D eigenvalue weighted by Crippen LogP contribution is -2.30. The van der Waals surface area contributed by atoms with Crippen molar-refractivity contribution < 1.29 is 28.6 Å². The zero-order chi connectivity index (χ0) is 51.4. The molecule has 416 valence electrons. The molecule has 0 unspecified atom stereocenters.